The van der Waals surface area contributed by atoms with E-state index >= 15 is 0 Å². The molecule has 4 aromatic rings. The molecular formula is C26H27NO4. The monoisotopic (exact) mass is 417 g/mol. The summed E-state index contributed by atoms with van der Waals surface area (Å²) < 4.78 is 13.7. The number of rotatable bonds is 9. The van der Waals surface area contributed by atoms with Crippen molar-refractivity contribution in [2.45, 2.75) is 32.7 Å². The minimum Gasteiger partial charge on any atom is -0.493 e. The van der Waals surface area contributed by atoms with Crippen molar-refractivity contribution < 1.29 is 19.4 Å². The van der Waals surface area contributed by atoms with Gasteiger partial charge in [0.2, 0.25) is 0 Å². The number of ether oxygens (including phenoxy) is 2. The molecule has 0 unspecified atom stereocenters. The van der Waals surface area contributed by atoms with Crippen LogP contribution < -0.4 is 9.47 Å². The Kier molecular flexibility index (Phi) is 6.12. The third kappa shape index (κ3) is 4.50. The van der Waals surface area contributed by atoms with Crippen LogP contribution in [0.25, 0.3) is 21.8 Å². The first-order chi connectivity index (χ1) is 15.0. The number of aromatic nitrogens is 1. The van der Waals surface area contributed by atoms with Gasteiger partial charge < -0.3 is 19.1 Å². The van der Waals surface area contributed by atoms with Gasteiger partial charge in [0.15, 0.2) is 0 Å². The molecule has 1 heterocycles. The second kappa shape index (κ2) is 9.13. The van der Waals surface area contributed by atoms with Crippen molar-refractivity contribution in [2.24, 2.45) is 0 Å². The van der Waals surface area contributed by atoms with Gasteiger partial charge in [0.1, 0.15) is 18.0 Å². The van der Waals surface area contributed by atoms with Gasteiger partial charge in [-0.2, -0.15) is 0 Å². The molecule has 0 amide bonds. The van der Waals surface area contributed by atoms with Gasteiger partial charge in [-0.3, -0.25) is 4.79 Å². The first kappa shape index (κ1) is 20.8. The third-order valence-electron chi connectivity index (χ3n) is 5.39. The molecule has 160 valence electrons. The van der Waals surface area contributed by atoms with Crippen molar-refractivity contribution in [1.29, 1.82) is 0 Å². The smallest absolute Gasteiger partial charge is 0.323 e. The molecule has 4 rings (SSSR count). The molecule has 5 nitrogen and oxygen atoms in total. The van der Waals surface area contributed by atoms with Crippen LogP contribution in [0.15, 0.2) is 66.7 Å². The quantitative estimate of drug-likeness (QED) is 0.347. The number of carboxylic acid groups (broad SMARTS) is 1. The van der Waals surface area contributed by atoms with Crippen LogP contribution >= 0.6 is 0 Å². The zero-order valence-electron chi connectivity index (χ0n) is 17.9. The highest BCUT2D eigenvalue weighted by Gasteiger charge is 2.13. The first-order valence-electron chi connectivity index (χ1n) is 10.6. The Hall–Kier alpha value is -3.47. The van der Waals surface area contributed by atoms with E-state index in [1.807, 2.05) is 65.2 Å². The van der Waals surface area contributed by atoms with E-state index in [9.17, 15) is 9.90 Å². The van der Waals surface area contributed by atoms with Crippen LogP contribution in [0.2, 0.25) is 0 Å². The second-order valence-corrected chi connectivity index (χ2v) is 7.92. The lowest BCUT2D eigenvalue weighted by Gasteiger charge is -2.14. The third-order valence-corrected chi connectivity index (χ3v) is 5.39. The zero-order valence-corrected chi connectivity index (χ0v) is 17.9. The van der Waals surface area contributed by atoms with Crippen molar-refractivity contribution in [1.82, 2.24) is 4.57 Å². The maximum atomic E-state index is 11.4. The number of aliphatic carboxylic acids is 1. The number of hydrogen-bond acceptors (Lipinski definition) is 3. The Labute approximate surface area is 181 Å². The molecule has 0 bridgehead atoms. The summed E-state index contributed by atoms with van der Waals surface area (Å²) in [6.07, 6.45) is 0.753. The average molecular weight is 418 g/mol. The van der Waals surface area contributed by atoms with Crippen molar-refractivity contribution in [2.75, 3.05) is 13.2 Å². The van der Waals surface area contributed by atoms with Crippen molar-refractivity contribution in [3.8, 4) is 11.5 Å². The molecule has 0 saturated heterocycles. The molecule has 31 heavy (non-hydrogen) atoms. The summed E-state index contributed by atoms with van der Waals surface area (Å²) >= 11 is 0. The van der Waals surface area contributed by atoms with Crippen LogP contribution in [-0.4, -0.2) is 28.9 Å². The number of benzene rings is 3. The highest BCUT2D eigenvalue weighted by atomic mass is 16.5. The number of carbonyl (C=O) groups is 1. The van der Waals surface area contributed by atoms with Gasteiger partial charge in [0.25, 0.3) is 0 Å². The van der Waals surface area contributed by atoms with E-state index in [1.54, 1.807) is 0 Å². The standard InChI is InChI=1S/C26H27NO4/c1-18(2)20-8-4-6-11-25(20)31-15-7-14-30-19-12-13-22-21-9-3-5-10-23(21)27(17-26(28)29)24(22)16-19/h3-6,8-13,16,18H,7,14-15,17H2,1-2H3,(H,28,29). The van der Waals surface area contributed by atoms with E-state index in [0.29, 0.717) is 19.1 Å². The minimum atomic E-state index is -0.868. The Balaban J connectivity index is 1.44. The van der Waals surface area contributed by atoms with Gasteiger partial charge in [-0.1, -0.05) is 50.2 Å². The van der Waals surface area contributed by atoms with Gasteiger partial charge >= 0.3 is 5.97 Å². The number of fused-ring (bicyclic) bond motifs is 3. The zero-order chi connectivity index (χ0) is 21.8. The fourth-order valence-corrected chi connectivity index (χ4v) is 3.94. The van der Waals surface area contributed by atoms with Crippen molar-refractivity contribution in [3.63, 3.8) is 0 Å². The molecule has 0 aliphatic rings. The van der Waals surface area contributed by atoms with Crippen molar-refractivity contribution in [3.05, 3.63) is 72.3 Å². The molecule has 0 fully saturated rings. The Morgan fingerprint density at radius 1 is 0.903 bits per heavy atom. The number of para-hydroxylation sites is 2. The molecule has 3 aromatic carbocycles. The van der Waals surface area contributed by atoms with E-state index in [2.05, 4.69) is 19.9 Å². The van der Waals surface area contributed by atoms with Gasteiger partial charge in [0, 0.05) is 28.8 Å². The van der Waals surface area contributed by atoms with Crippen LogP contribution in [-0.2, 0) is 11.3 Å². The SMILES string of the molecule is CC(C)c1ccccc1OCCCOc1ccc2c3ccccc3n(CC(=O)O)c2c1. The predicted octanol–water partition coefficient (Wildman–Crippen LogP) is 5.85. The molecule has 1 N–H and O–H groups in total. The normalized spacial score (nSPS) is 11.3. The van der Waals surface area contributed by atoms with Crippen LogP contribution in [0.1, 0.15) is 31.7 Å². The first-order valence-corrected chi connectivity index (χ1v) is 10.6. The van der Waals surface area contributed by atoms with Crippen LogP contribution in [0, 0.1) is 0 Å². The summed E-state index contributed by atoms with van der Waals surface area (Å²) in [5.74, 6) is 1.20. The molecule has 0 aliphatic heterocycles. The molecule has 5 heteroatoms. The van der Waals surface area contributed by atoms with Crippen LogP contribution in [0.5, 0.6) is 11.5 Å². The highest BCUT2D eigenvalue weighted by molar-refractivity contribution is 6.08. The maximum absolute atomic E-state index is 11.4. The van der Waals surface area contributed by atoms with E-state index in [1.165, 1.54) is 5.56 Å². The number of nitrogens with zero attached hydrogens (tertiary/aromatic N) is 1. The summed E-state index contributed by atoms with van der Waals surface area (Å²) in [4.78, 5) is 11.4. The lowest BCUT2D eigenvalue weighted by molar-refractivity contribution is -0.137. The Morgan fingerprint density at radius 3 is 2.42 bits per heavy atom. The van der Waals surface area contributed by atoms with Crippen LogP contribution in [0.3, 0.4) is 0 Å². The average Bonchev–Trinajstić information content (AvgIpc) is 3.06. The number of carboxylic acids is 1. The largest absolute Gasteiger partial charge is 0.493 e. The topological polar surface area (TPSA) is 60.7 Å². The lowest BCUT2D eigenvalue weighted by atomic mass is 10.0. The summed E-state index contributed by atoms with van der Waals surface area (Å²) in [6.45, 7) is 5.33. The Morgan fingerprint density at radius 2 is 1.61 bits per heavy atom. The Bertz CT molecular complexity index is 1210. The molecule has 0 atom stereocenters. The minimum absolute atomic E-state index is 0.0867. The fraction of sp³-hybridized carbons (Fsp3) is 0.269. The maximum Gasteiger partial charge on any atom is 0.323 e. The van der Waals surface area contributed by atoms with E-state index in [-0.39, 0.29) is 6.54 Å². The second-order valence-electron chi connectivity index (χ2n) is 7.92. The molecule has 0 spiro atoms. The van der Waals surface area contributed by atoms with Gasteiger partial charge in [-0.15, -0.1) is 0 Å². The summed E-state index contributed by atoms with van der Waals surface area (Å²) in [6, 6.07) is 21.8. The van der Waals surface area contributed by atoms with E-state index in [4.69, 9.17) is 9.47 Å². The van der Waals surface area contributed by atoms with E-state index < -0.39 is 5.97 Å². The summed E-state index contributed by atoms with van der Waals surface area (Å²) in [5, 5.41) is 11.4. The molecule has 0 radical (unpaired) electrons. The predicted molar refractivity (Wildman–Crippen MR) is 123 cm³/mol. The molecule has 0 aliphatic carbocycles. The van der Waals surface area contributed by atoms with E-state index in [0.717, 1.165) is 39.7 Å². The van der Waals surface area contributed by atoms with Gasteiger partial charge in [0.05, 0.1) is 18.7 Å². The van der Waals surface area contributed by atoms with Gasteiger partial charge in [-0.05, 0) is 35.7 Å². The van der Waals surface area contributed by atoms with Crippen molar-refractivity contribution >= 4 is 27.8 Å². The number of hydrogen-bond donors (Lipinski definition) is 1. The molecular weight excluding hydrogens is 390 g/mol. The summed E-state index contributed by atoms with van der Waals surface area (Å²) in [5.41, 5.74) is 2.98. The molecule has 1 aromatic heterocycles. The lowest BCUT2D eigenvalue weighted by Crippen LogP contribution is -2.08. The summed E-state index contributed by atoms with van der Waals surface area (Å²) in [7, 11) is 0. The van der Waals surface area contributed by atoms with Gasteiger partial charge in [-0.25, -0.2) is 0 Å². The fourth-order valence-electron chi connectivity index (χ4n) is 3.94. The molecule has 0 saturated carbocycles. The highest BCUT2D eigenvalue weighted by Crippen LogP contribution is 2.31. The van der Waals surface area contributed by atoms with Crippen LogP contribution in [0.4, 0.5) is 0 Å².